The lowest BCUT2D eigenvalue weighted by Gasteiger charge is -2.08. The van der Waals surface area contributed by atoms with Crippen molar-refractivity contribution in [1.29, 1.82) is 0 Å². The van der Waals surface area contributed by atoms with Crippen LogP contribution in [0.15, 0.2) is 36.4 Å². The van der Waals surface area contributed by atoms with Gasteiger partial charge in [0.2, 0.25) is 0 Å². The standard InChI is InChI=1S/C12H16O2/c1-2-14-12(10-13)9-8-11-6-4-3-5-7-11/h3-9,12-13H,2,10H2,1H3/b9-8+. The van der Waals surface area contributed by atoms with Crippen molar-refractivity contribution in [2.45, 2.75) is 13.0 Å². The van der Waals surface area contributed by atoms with Crippen LogP contribution >= 0.6 is 0 Å². The summed E-state index contributed by atoms with van der Waals surface area (Å²) in [5.74, 6) is 0. The molecule has 1 atom stereocenters. The van der Waals surface area contributed by atoms with Gasteiger partial charge < -0.3 is 9.84 Å². The van der Waals surface area contributed by atoms with E-state index in [1.54, 1.807) is 0 Å². The van der Waals surface area contributed by atoms with E-state index in [-0.39, 0.29) is 12.7 Å². The average Bonchev–Trinajstić information content (AvgIpc) is 2.25. The quantitative estimate of drug-likeness (QED) is 0.774. The van der Waals surface area contributed by atoms with Crippen molar-refractivity contribution in [3.63, 3.8) is 0 Å². The molecule has 1 aromatic rings. The molecule has 0 aliphatic rings. The number of aliphatic hydroxyl groups is 1. The van der Waals surface area contributed by atoms with Crippen LogP contribution in [0.2, 0.25) is 0 Å². The van der Waals surface area contributed by atoms with E-state index in [0.29, 0.717) is 6.61 Å². The number of aliphatic hydroxyl groups excluding tert-OH is 1. The Bertz CT molecular complexity index is 267. The van der Waals surface area contributed by atoms with Crippen LogP contribution in [0.25, 0.3) is 6.08 Å². The summed E-state index contributed by atoms with van der Waals surface area (Å²) in [5, 5.41) is 8.96. The molecule has 0 aliphatic heterocycles. The zero-order valence-electron chi connectivity index (χ0n) is 8.39. The van der Waals surface area contributed by atoms with Crippen molar-refractivity contribution in [3.05, 3.63) is 42.0 Å². The summed E-state index contributed by atoms with van der Waals surface area (Å²) in [7, 11) is 0. The Morgan fingerprint density at radius 1 is 1.36 bits per heavy atom. The molecule has 2 nitrogen and oxygen atoms in total. The Kier molecular flexibility index (Phi) is 4.97. The monoisotopic (exact) mass is 192 g/mol. The molecule has 1 aromatic carbocycles. The normalized spacial score (nSPS) is 13.3. The van der Waals surface area contributed by atoms with Crippen molar-refractivity contribution in [1.82, 2.24) is 0 Å². The first-order chi connectivity index (χ1) is 6.86. The van der Waals surface area contributed by atoms with E-state index in [9.17, 15) is 0 Å². The summed E-state index contributed by atoms with van der Waals surface area (Å²) in [4.78, 5) is 0. The predicted octanol–water partition coefficient (Wildman–Crippen LogP) is 2.10. The molecule has 2 heteroatoms. The van der Waals surface area contributed by atoms with Gasteiger partial charge in [-0.05, 0) is 12.5 Å². The molecule has 1 rings (SSSR count). The number of benzene rings is 1. The summed E-state index contributed by atoms with van der Waals surface area (Å²) in [5.41, 5.74) is 1.12. The Morgan fingerprint density at radius 3 is 2.64 bits per heavy atom. The number of hydrogen-bond acceptors (Lipinski definition) is 2. The van der Waals surface area contributed by atoms with Crippen LogP contribution in [-0.2, 0) is 4.74 Å². The molecular weight excluding hydrogens is 176 g/mol. The molecule has 0 saturated heterocycles. The molecule has 0 radical (unpaired) electrons. The van der Waals surface area contributed by atoms with Gasteiger partial charge in [0.15, 0.2) is 0 Å². The second kappa shape index (κ2) is 6.35. The average molecular weight is 192 g/mol. The van der Waals surface area contributed by atoms with Crippen molar-refractivity contribution in [2.24, 2.45) is 0 Å². The fraction of sp³-hybridized carbons (Fsp3) is 0.333. The van der Waals surface area contributed by atoms with Gasteiger partial charge in [-0.1, -0.05) is 42.5 Å². The van der Waals surface area contributed by atoms with E-state index in [2.05, 4.69) is 0 Å². The minimum Gasteiger partial charge on any atom is -0.393 e. The fourth-order valence-electron chi connectivity index (χ4n) is 1.17. The molecule has 14 heavy (non-hydrogen) atoms. The van der Waals surface area contributed by atoms with Crippen molar-refractivity contribution < 1.29 is 9.84 Å². The third-order valence-corrected chi connectivity index (χ3v) is 1.86. The maximum atomic E-state index is 8.96. The third-order valence-electron chi connectivity index (χ3n) is 1.86. The Morgan fingerprint density at radius 2 is 2.07 bits per heavy atom. The second-order valence-corrected chi connectivity index (χ2v) is 2.95. The summed E-state index contributed by atoms with van der Waals surface area (Å²) >= 11 is 0. The molecule has 1 N–H and O–H groups in total. The van der Waals surface area contributed by atoms with E-state index in [4.69, 9.17) is 9.84 Å². The summed E-state index contributed by atoms with van der Waals surface area (Å²) in [6.07, 6.45) is 3.63. The van der Waals surface area contributed by atoms with Gasteiger partial charge in [-0.3, -0.25) is 0 Å². The number of hydrogen-bond donors (Lipinski definition) is 1. The molecular formula is C12H16O2. The van der Waals surface area contributed by atoms with Crippen molar-refractivity contribution in [2.75, 3.05) is 13.2 Å². The molecule has 1 unspecified atom stereocenters. The topological polar surface area (TPSA) is 29.5 Å². The Balaban J connectivity index is 2.53. The van der Waals surface area contributed by atoms with Gasteiger partial charge in [0.25, 0.3) is 0 Å². The molecule has 0 aromatic heterocycles. The highest BCUT2D eigenvalue weighted by atomic mass is 16.5. The second-order valence-electron chi connectivity index (χ2n) is 2.95. The van der Waals surface area contributed by atoms with Crippen molar-refractivity contribution in [3.8, 4) is 0 Å². The van der Waals surface area contributed by atoms with Gasteiger partial charge in [-0.25, -0.2) is 0 Å². The van der Waals surface area contributed by atoms with Crippen LogP contribution in [-0.4, -0.2) is 24.4 Å². The van der Waals surface area contributed by atoms with Gasteiger partial charge in [0, 0.05) is 6.61 Å². The Labute approximate surface area is 84.8 Å². The van der Waals surface area contributed by atoms with E-state index < -0.39 is 0 Å². The van der Waals surface area contributed by atoms with Crippen LogP contribution in [0, 0.1) is 0 Å². The number of rotatable bonds is 5. The summed E-state index contributed by atoms with van der Waals surface area (Å²) < 4.78 is 5.28. The van der Waals surface area contributed by atoms with E-state index in [0.717, 1.165) is 5.56 Å². The highest BCUT2D eigenvalue weighted by Crippen LogP contribution is 2.03. The van der Waals surface area contributed by atoms with E-state index >= 15 is 0 Å². The largest absolute Gasteiger partial charge is 0.393 e. The molecule has 0 spiro atoms. The van der Waals surface area contributed by atoms with Crippen molar-refractivity contribution >= 4 is 6.08 Å². The lowest BCUT2D eigenvalue weighted by molar-refractivity contribution is 0.0513. The molecule has 76 valence electrons. The van der Waals surface area contributed by atoms with E-state index in [1.165, 1.54) is 0 Å². The molecule has 0 fully saturated rings. The molecule has 0 aliphatic carbocycles. The fourth-order valence-corrected chi connectivity index (χ4v) is 1.17. The smallest absolute Gasteiger partial charge is 0.0989 e. The Hall–Kier alpha value is -1.12. The van der Waals surface area contributed by atoms with Gasteiger partial charge in [0.05, 0.1) is 12.7 Å². The first-order valence-electron chi connectivity index (χ1n) is 4.82. The molecule has 0 heterocycles. The molecule has 0 amide bonds. The van der Waals surface area contributed by atoms with Crippen LogP contribution in [0.5, 0.6) is 0 Å². The van der Waals surface area contributed by atoms with Gasteiger partial charge in [0.1, 0.15) is 0 Å². The minimum absolute atomic E-state index is 0.0250. The van der Waals surface area contributed by atoms with E-state index in [1.807, 2.05) is 49.4 Å². The number of ether oxygens (including phenoxy) is 1. The minimum atomic E-state index is -0.194. The van der Waals surface area contributed by atoms with Crippen LogP contribution < -0.4 is 0 Å². The zero-order chi connectivity index (χ0) is 10.2. The summed E-state index contributed by atoms with van der Waals surface area (Å²) in [6, 6.07) is 9.96. The molecule has 0 saturated carbocycles. The maximum Gasteiger partial charge on any atom is 0.0989 e. The third kappa shape index (κ3) is 3.73. The first-order valence-corrected chi connectivity index (χ1v) is 4.82. The first kappa shape index (κ1) is 11.0. The maximum absolute atomic E-state index is 8.96. The predicted molar refractivity (Wildman–Crippen MR) is 58.0 cm³/mol. The van der Waals surface area contributed by atoms with Gasteiger partial charge in [-0.15, -0.1) is 0 Å². The highest BCUT2D eigenvalue weighted by Gasteiger charge is 1.99. The van der Waals surface area contributed by atoms with Crippen LogP contribution in [0.1, 0.15) is 12.5 Å². The van der Waals surface area contributed by atoms with Crippen LogP contribution in [0.4, 0.5) is 0 Å². The van der Waals surface area contributed by atoms with Gasteiger partial charge >= 0.3 is 0 Å². The lowest BCUT2D eigenvalue weighted by Crippen LogP contribution is -2.14. The molecule has 0 bridgehead atoms. The SMILES string of the molecule is CCOC(/C=C/c1ccccc1)CO. The zero-order valence-corrected chi connectivity index (χ0v) is 8.39. The van der Waals surface area contributed by atoms with Crippen LogP contribution in [0.3, 0.4) is 0 Å². The van der Waals surface area contributed by atoms with Gasteiger partial charge in [-0.2, -0.15) is 0 Å². The lowest BCUT2D eigenvalue weighted by atomic mass is 10.2. The highest BCUT2D eigenvalue weighted by molar-refractivity contribution is 5.49. The summed E-state index contributed by atoms with van der Waals surface area (Å²) in [6.45, 7) is 2.56.